The molecule has 2 aromatic heterocycles. The van der Waals surface area contributed by atoms with Crippen molar-refractivity contribution in [1.29, 1.82) is 0 Å². The molecule has 0 radical (unpaired) electrons. The molecule has 0 spiro atoms. The standard InChI is InChI=1S/C28H35N5O3S/c1-20-9-12-23(13-10-20)33-27(24-8-5-17-36-24)29-30-28(33)37-19-26(35)31-15-16-32(21(2)18-31)25(34)14-11-22-6-3-4-7-22/h5,8-10,12-13,17,21-22H,3-4,6-7,11,14-16,18-19H2,1-2H3. The Morgan fingerprint density at radius 1 is 1.05 bits per heavy atom. The Bertz CT molecular complexity index is 1200. The van der Waals surface area contributed by atoms with Gasteiger partial charge in [0.05, 0.1) is 12.0 Å². The van der Waals surface area contributed by atoms with Crippen LogP contribution in [0.2, 0.25) is 0 Å². The van der Waals surface area contributed by atoms with Crippen molar-refractivity contribution in [2.45, 2.75) is 63.6 Å². The van der Waals surface area contributed by atoms with Crippen LogP contribution in [0.15, 0.2) is 52.2 Å². The van der Waals surface area contributed by atoms with E-state index in [9.17, 15) is 9.59 Å². The number of aromatic nitrogens is 3. The summed E-state index contributed by atoms with van der Waals surface area (Å²) in [5.74, 6) is 2.47. The smallest absolute Gasteiger partial charge is 0.233 e. The van der Waals surface area contributed by atoms with Gasteiger partial charge in [-0.15, -0.1) is 10.2 Å². The van der Waals surface area contributed by atoms with Crippen molar-refractivity contribution >= 4 is 23.6 Å². The first kappa shape index (κ1) is 25.6. The predicted octanol–water partition coefficient (Wildman–Crippen LogP) is 4.96. The Balaban J connectivity index is 1.20. The summed E-state index contributed by atoms with van der Waals surface area (Å²) in [5, 5.41) is 9.38. The fraction of sp³-hybridized carbons (Fsp3) is 0.500. The van der Waals surface area contributed by atoms with Crippen LogP contribution in [0.1, 0.15) is 51.0 Å². The maximum absolute atomic E-state index is 13.1. The lowest BCUT2D eigenvalue weighted by atomic mass is 10.0. The molecule has 196 valence electrons. The maximum Gasteiger partial charge on any atom is 0.233 e. The highest BCUT2D eigenvalue weighted by Gasteiger charge is 2.30. The number of furan rings is 1. The van der Waals surface area contributed by atoms with E-state index in [1.165, 1.54) is 37.4 Å². The van der Waals surface area contributed by atoms with Gasteiger partial charge >= 0.3 is 0 Å². The zero-order valence-electron chi connectivity index (χ0n) is 21.6. The second-order valence-electron chi connectivity index (χ2n) is 10.2. The molecule has 1 saturated carbocycles. The number of hydrogen-bond donors (Lipinski definition) is 0. The molecule has 0 bridgehead atoms. The van der Waals surface area contributed by atoms with Crippen molar-refractivity contribution in [2.75, 3.05) is 25.4 Å². The lowest BCUT2D eigenvalue weighted by molar-refractivity contribution is -0.141. The Morgan fingerprint density at radius 3 is 2.54 bits per heavy atom. The molecule has 2 amide bonds. The fourth-order valence-corrected chi connectivity index (χ4v) is 6.25. The zero-order chi connectivity index (χ0) is 25.8. The number of nitrogens with zero attached hydrogens (tertiary/aromatic N) is 5. The molecule has 1 aromatic carbocycles. The molecule has 5 rings (SSSR count). The molecule has 1 aliphatic carbocycles. The topological polar surface area (TPSA) is 84.5 Å². The van der Waals surface area contributed by atoms with Gasteiger partial charge in [0.2, 0.25) is 17.6 Å². The van der Waals surface area contributed by atoms with Crippen LogP contribution in [-0.2, 0) is 9.59 Å². The fourth-order valence-electron chi connectivity index (χ4n) is 5.40. The minimum Gasteiger partial charge on any atom is -0.461 e. The summed E-state index contributed by atoms with van der Waals surface area (Å²) >= 11 is 1.37. The van der Waals surface area contributed by atoms with Crippen molar-refractivity contribution in [1.82, 2.24) is 24.6 Å². The summed E-state index contributed by atoms with van der Waals surface area (Å²) in [7, 11) is 0. The molecule has 2 fully saturated rings. The molecule has 37 heavy (non-hydrogen) atoms. The first-order chi connectivity index (χ1) is 18.0. The van der Waals surface area contributed by atoms with Crippen molar-refractivity contribution in [2.24, 2.45) is 5.92 Å². The molecule has 1 atom stereocenters. The molecular weight excluding hydrogens is 486 g/mol. The van der Waals surface area contributed by atoms with Crippen molar-refractivity contribution in [3.05, 3.63) is 48.2 Å². The average molecular weight is 522 g/mol. The molecule has 8 nitrogen and oxygen atoms in total. The van der Waals surface area contributed by atoms with Crippen LogP contribution in [0.3, 0.4) is 0 Å². The van der Waals surface area contributed by atoms with Gasteiger partial charge in [0.15, 0.2) is 10.9 Å². The lowest BCUT2D eigenvalue weighted by Gasteiger charge is -2.40. The quantitative estimate of drug-likeness (QED) is 0.390. The summed E-state index contributed by atoms with van der Waals surface area (Å²) in [5.41, 5.74) is 2.07. The maximum atomic E-state index is 13.1. The van der Waals surface area contributed by atoms with Gasteiger partial charge < -0.3 is 14.2 Å². The molecule has 2 aliphatic rings. The highest BCUT2D eigenvalue weighted by Crippen LogP contribution is 2.30. The second-order valence-corrected chi connectivity index (χ2v) is 11.2. The number of amides is 2. The number of thioether (sulfide) groups is 1. The van der Waals surface area contributed by atoms with E-state index in [2.05, 4.69) is 10.2 Å². The number of rotatable bonds is 8. The van der Waals surface area contributed by atoms with Crippen molar-refractivity contribution in [3.8, 4) is 17.3 Å². The Hall–Kier alpha value is -3.07. The van der Waals surface area contributed by atoms with Gasteiger partial charge in [0, 0.05) is 37.8 Å². The molecule has 1 aliphatic heterocycles. The van der Waals surface area contributed by atoms with E-state index in [0.29, 0.717) is 42.8 Å². The Labute approximate surface area is 222 Å². The number of hydrogen-bond acceptors (Lipinski definition) is 6. The summed E-state index contributed by atoms with van der Waals surface area (Å²) in [6, 6.07) is 11.8. The van der Waals surface area contributed by atoms with E-state index < -0.39 is 0 Å². The summed E-state index contributed by atoms with van der Waals surface area (Å²) in [6.45, 7) is 5.83. The zero-order valence-corrected chi connectivity index (χ0v) is 22.5. The predicted molar refractivity (Wildman–Crippen MR) is 143 cm³/mol. The molecule has 0 N–H and O–H groups in total. The number of carbonyl (C=O) groups excluding carboxylic acids is 2. The van der Waals surface area contributed by atoms with Crippen LogP contribution in [0.4, 0.5) is 0 Å². The number of aryl methyl sites for hydroxylation is 1. The van der Waals surface area contributed by atoms with Crippen molar-refractivity contribution < 1.29 is 14.0 Å². The van der Waals surface area contributed by atoms with Gasteiger partial charge in [0.1, 0.15) is 0 Å². The van der Waals surface area contributed by atoms with E-state index in [-0.39, 0.29) is 23.6 Å². The summed E-state index contributed by atoms with van der Waals surface area (Å²) in [6.07, 6.45) is 8.39. The molecule has 1 saturated heterocycles. The normalized spacial score (nSPS) is 18.5. The third-order valence-corrected chi connectivity index (χ3v) is 8.45. The first-order valence-corrected chi connectivity index (χ1v) is 14.2. The highest BCUT2D eigenvalue weighted by atomic mass is 32.2. The van der Waals surface area contributed by atoms with Gasteiger partial charge in [-0.25, -0.2) is 0 Å². The minimum atomic E-state index is 0.0283. The van der Waals surface area contributed by atoms with Crippen LogP contribution in [0, 0.1) is 12.8 Å². The molecule has 9 heteroatoms. The number of piperazine rings is 1. The average Bonchev–Trinajstić information content (AvgIpc) is 3.68. The van der Waals surface area contributed by atoms with Gasteiger partial charge in [-0.05, 0) is 50.5 Å². The molecule has 1 unspecified atom stereocenters. The summed E-state index contributed by atoms with van der Waals surface area (Å²) in [4.78, 5) is 29.8. The lowest BCUT2D eigenvalue weighted by Crippen LogP contribution is -2.55. The summed E-state index contributed by atoms with van der Waals surface area (Å²) < 4.78 is 7.52. The van der Waals surface area contributed by atoms with Crippen molar-refractivity contribution in [3.63, 3.8) is 0 Å². The monoisotopic (exact) mass is 521 g/mol. The molecule has 3 aromatic rings. The van der Waals surface area contributed by atoms with Crippen LogP contribution in [0.25, 0.3) is 17.3 Å². The van der Waals surface area contributed by atoms with Crippen LogP contribution < -0.4 is 0 Å². The van der Waals surface area contributed by atoms with Crippen LogP contribution in [0.5, 0.6) is 0 Å². The third kappa shape index (κ3) is 5.92. The molecule has 3 heterocycles. The van der Waals surface area contributed by atoms with Gasteiger partial charge in [-0.3, -0.25) is 14.2 Å². The van der Waals surface area contributed by atoms with Crippen LogP contribution >= 0.6 is 11.8 Å². The van der Waals surface area contributed by atoms with E-state index in [4.69, 9.17) is 4.42 Å². The van der Waals surface area contributed by atoms with E-state index in [0.717, 1.165) is 23.6 Å². The minimum absolute atomic E-state index is 0.0283. The Kier molecular flexibility index (Phi) is 7.98. The van der Waals surface area contributed by atoms with Gasteiger partial charge in [-0.2, -0.15) is 0 Å². The van der Waals surface area contributed by atoms with Gasteiger partial charge in [-0.1, -0.05) is 55.1 Å². The highest BCUT2D eigenvalue weighted by molar-refractivity contribution is 7.99. The largest absolute Gasteiger partial charge is 0.461 e. The molecular formula is C28H35N5O3S. The number of carbonyl (C=O) groups is 2. The van der Waals surface area contributed by atoms with Crippen LogP contribution in [-0.4, -0.2) is 67.8 Å². The Morgan fingerprint density at radius 2 is 1.84 bits per heavy atom. The van der Waals surface area contributed by atoms with E-state index >= 15 is 0 Å². The first-order valence-electron chi connectivity index (χ1n) is 13.3. The van der Waals surface area contributed by atoms with Gasteiger partial charge in [0.25, 0.3) is 0 Å². The van der Waals surface area contributed by atoms with E-state index in [1.807, 2.05) is 64.6 Å². The number of benzene rings is 1. The van der Waals surface area contributed by atoms with E-state index in [1.54, 1.807) is 6.26 Å². The SMILES string of the molecule is Cc1ccc(-n2c(SCC(=O)N3CCN(C(=O)CCC4CCCC4)C(C)C3)nnc2-c2ccco2)cc1. The second kappa shape index (κ2) is 11.5. The third-order valence-electron chi connectivity index (χ3n) is 7.53.